The van der Waals surface area contributed by atoms with Crippen molar-refractivity contribution in [2.75, 3.05) is 13.2 Å². The van der Waals surface area contributed by atoms with E-state index >= 15 is 0 Å². The summed E-state index contributed by atoms with van der Waals surface area (Å²) in [4.78, 5) is 0. The van der Waals surface area contributed by atoms with Gasteiger partial charge in [-0.1, -0.05) is 0 Å². The standard InChI is InChI=1S/C6H12O5.H2O/c7-1-4-6(10)5(9)3(8)2-11-4;/h3-10H,1-2H2;1H2/t3-,4+,5+,6+;/m0./s1. The van der Waals surface area contributed by atoms with Crippen LogP contribution in [-0.4, -0.2) is 63.5 Å². The van der Waals surface area contributed by atoms with E-state index in [0.29, 0.717) is 0 Å². The van der Waals surface area contributed by atoms with E-state index in [9.17, 15) is 0 Å². The molecular weight excluding hydrogens is 168 g/mol. The van der Waals surface area contributed by atoms with Crippen molar-refractivity contribution in [3.63, 3.8) is 0 Å². The van der Waals surface area contributed by atoms with Gasteiger partial charge in [-0.2, -0.15) is 0 Å². The van der Waals surface area contributed by atoms with Crippen molar-refractivity contribution in [2.45, 2.75) is 24.4 Å². The normalized spacial score (nSPS) is 42.0. The Hall–Kier alpha value is -0.240. The third-order valence-electron chi connectivity index (χ3n) is 1.79. The number of ether oxygens (including phenoxy) is 1. The third-order valence-corrected chi connectivity index (χ3v) is 1.79. The topological polar surface area (TPSA) is 122 Å². The van der Waals surface area contributed by atoms with Crippen molar-refractivity contribution >= 4 is 0 Å². The Bertz CT molecular complexity index is 127. The van der Waals surface area contributed by atoms with Crippen LogP contribution in [0.4, 0.5) is 0 Å². The highest BCUT2D eigenvalue weighted by Crippen LogP contribution is 2.14. The minimum Gasteiger partial charge on any atom is -0.412 e. The highest BCUT2D eigenvalue weighted by atomic mass is 16.5. The minimum atomic E-state index is -1.22. The van der Waals surface area contributed by atoms with Gasteiger partial charge in [-0.15, -0.1) is 0 Å². The van der Waals surface area contributed by atoms with Gasteiger partial charge >= 0.3 is 0 Å². The van der Waals surface area contributed by atoms with Crippen LogP contribution < -0.4 is 0 Å². The lowest BCUT2D eigenvalue weighted by atomic mass is 10.0. The van der Waals surface area contributed by atoms with E-state index in [0.717, 1.165) is 0 Å². The number of aliphatic hydroxyl groups is 4. The van der Waals surface area contributed by atoms with E-state index in [2.05, 4.69) is 0 Å². The van der Waals surface area contributed by atoms with E-state index in [1.807, 2.05) is 0 Å². The summed E-state index contributed by atoms with van der Waals surface area (Å²) in [5.41, 5.74) is 0. The second-order valence-corrected chi connectivity index (χ2v) is 2.60. The first-order valence-corrected chi connectivity index (χ1v) is 3.43. The van der Waals surface area contributed by atoms with Crippen LogP contribution in [0, 0.1) is 0 Å². The lowest BCUT2D eigenvalue weighted by Crippen LogP contribution is -2.53. The van der Waals surface area contributed by atoms with Crippen molar-refractivity contribution in [1.29, 1.82) is 0 Å². The molecule has 0 bridgehead atoms. The fourth-order valence-corrected chi connectivity index (χ4v) is 1.03. The molecule has 0 aromatic carbocycles. The van der Waals surface area contributed by atoms with Crippen LogP contribution in [0.15, 0.2) is 0 Å². The molecule has 1 saturated heterocycles. The van der Waals surface area contributed by atoms with Crippen molar-refractivity contribution < 1.29 is 30.6 Å². The van der Waals surface area contributed by atoms with Crippen LogP contribution in [0.1, 0.15) is 0 Å². The molecule has 1 fully saturated rings. The monoisotopic (exact) mass is 182 g/mol. The smallest absolute Gasteiger partial charge is 0.111 e. The molecule has 6 nitrogen and oxygen atoms in total. The summed E-state index contributed by atoms with van der Waals surface area (Å²) < 4.78 is 4.81. The van der Waals surface area contributed by atoms with E-state index < -0.39 is 24.4 Å². The van der Waals surface area contributed by atoms with Crippen molar-refractivity contribution in [3.8, 4) is 0 Å². The zero-order valence-electron chi connectivity index (χ0n) is 6.42. The zero-order chi connectivity index (χ0) is 8.43. The van der Waals surface area contributed by atoms with Crippen molar-refractivity contribution in [2.24, 2.45) is 0 Å². The average Bonchev–Trinajstić information content (AvgIpc) is 2.01. The number of hydrogen-bond donors (Lipinski definition) is 4. The van der Waals surface area contributed by atoms with Crippen LogP contribution in [0.5, 0.6) is 0 Å². The van der Waals surface area contributed by atoms with Gasteiger partial charge in [0.1, 0.15) is 24.4 Å². The fraction of sp³-hybridized carbons (Fsp3) is 1.00. The number of aliphatic hydroxyl groups excluding tert-OH is 4. The molecule has 0 aromatic rings. The summed E-state index contributed by atoms with van der Waals surface area (Å²) in [7, 11) is 0. The van der Waals surface area contributed by atoms with Crippen LogP contribution in [0.25, 0.3) is 0 Å². The molecule has 1 aliphatic rings. The SMILES string of the molecule is O.OC[C@H]1OC[C@H](O)[C@@H](O)[C@@H]1O. The molecule has 1 heterocycles. The number of rotatable bonds is 1. The van der Waals surface area contributed by atoms with Gasteiger partial charge in [0.2, 0.25) is 0 Å². The van der Waals surface area contributed by atoms with Gasteiger partial charge in [0.15, 0.2) is 0 Å². The van der Waals surface area contributed by atoms with E-state index in [1.165, 1.54) is 0 Å². The molecule has 74 valence electrons. The second-order valence-electron chi connectivity index (χ2n) is 2.60. The van der Waals surface area contributed by atoms with Gasteiger partial charge in [0.05, 0.1) is 13.2 Å². The van der Waals surface area contributed by atoms with Crippen molar-refractivity contribution in [3.05, 3.63) is 0 Å². The van der Waals surface area contributed by atoms with Gasteiger partial charge < -0.3 is 30.6 Å². The molecule has 0 aliphatic carbocycles. The summed E-state index contributed by atoms with van der Waals surface area (Å²) in [6.07, 6.45) is -4.27. The minimum absolute atomic E-state index is 0. The molecule has 0 saturated carbocycles. The summed E-state index contributed by atoms with van der Waals surface area (Å²) in [5, 5.41) is 35.7. The highest BCUT2D eigenvalue weighted by molar-refractivity contribution is 4.85. The summed E-state index contributed by atoms with van der Waals surface area (Å²) in [5.74, 6) is 0. The molecule has 6 heteroatoms. The Morgan fingerprint density at radius 1 is 1.17 bits per heavy atom. The maximum absolute atomic E-state index is 9.11. The zero-order valence-corrected chi connectivity index (χ0v) is 6.42. The molecule has 0 radical (unpaired) electrons. The van der Waals surface area contributed by atoms with E-state index in [1.54, 1.807) is 0 Å². The third kappa shape index (κ3) is 2.13. The molecule has 0 amide bonds. The Balaban J connectivity index is 0.00000121. The molecular formula is C6H14O6. The maximum atomic E-state index is 9.11. The van der Waals surface area contributed by atoms with Crippen LogP contribution in [0.2, 0.25) is 0 Å². The molecule has 1 rings (SSSR count). The lowest BCUT2D eigenvalue weighted by Gasteiger charge is -2.34. The molecule has 0 aromatic heterocycles. The molecule has 4 atom stereocenters. The Labute approximate surface area is 69.3 Å². The summed E-state index contributed by atoms with van der Waals surface area (Å²) in [6, 6.07) is 0. The first-order valence-electron chi connectivity index (χ1n) is 3.43. The Morgan fingerprint density at radius 3 is 2.25 bits per heavy atom. The van der Waals surface area contributed by atoms with Gasteiger partial charge in [0.25, 0.3) is 0 Å². The summed E-state index contributed by atoms with van der Waals surface area (Å²) in [6.45, 7) is -0.408. The largest absolute Gasteiger partial charge is 0.412 e. The molecule has 0 spiro atoms. The van der Waals surface area contributed by atoms with Crippen LogP contribution >= 0.6 is 0 Å². The Kier molecular flexibility index (Phi) is 4.61. The molecule has 0 unspecified atom stereocenters. The van der Waals surface area contributed by atoms with Crippen molar-refractivity contribution in [1.82, 2.24) is 0 Å². The Morgan fingerprint density at radius 2 is 1.75 bits per heavy atom. The second kappa shape index (κ2) is 4.70. The average molecular weight is 182 g/mol. The predicted molar refractivity (Wildman–Crippen MR) is 38.5 cm³/mol. The van der Waals surface area contributed by atoms with Crippen LogP contribution in [-0.2, 0) is 4.74 Å². The quantitative estimate of drug-likeness (QED) is 0.337. The number of hydrogen-bond acceptors (Lipinski definition) is 5. The predicted octanol–water partition coefficient (Wildman–Crippen LogP) is -3.36. The van der Waals surface area contributed by atoms with Gasteiger partial charge in [0, 0.05) is 0 Å². The first-order chi connectivity index (χ1) is 5.16. The van der Waals surface area contributed by atoms with Gasteiger partial charge in [-0.3, -0.25) is 0 Å². The maximum Gasteiger partial charge on any atom is 0.111 e. The molecule has 1 aliphatic heterocycles. The molecule has 6 N–H and O–H groups in total. The van der Waals surface area contributed by atoms with E-state index in [-0.39, 0.29) is 18.7 Å². The fourth-order valence-electron chi connectivity index (χ4n) is 1.03. The highest BCUT2D eigenvalue weighted by Gasteiger charge is 2.36. The first kappa shape index (κ1) is 11.8. The van der Waals surface area contributed by atoms with Gasteiger partial charge in [-0.05, 0) is 0 Å². The van der Waals surface area contributed by atoms with E-state index in [4.69, 9.17) is 25.2 Å². The van der Waals surface area contributed by atoms with Crippen LogP contribution in [0.3, 0.4) is 0 Å². The molecule has 12 heavy (non-hydrogen) atoms. The lowest BCUT2D eigenvalue weighted by molar-refractivity contribution is -0.195. The summed E-state index contributed by atoms with van der Waals surface area (Å²) >= 11 is 0. The van der Waals surface area contributed by atoms with Gasteiger partial charge in [-0.25, -0.2) is 0 Å².